The first-order valence-corrected chi connectivity index (χ1v) is 6.95. The molecule has 3 heterocycles. The first-order valence-electron chi connectivity index (χ1n) is 6.07. The second-order valence-corrected chi connectivity index (χ2v) is 5.33. The van der Waals surface area contributed by atoms with Crippen LogP contribution in [0.3, 0.4) is 0 Å². The van der Waals surface area contributed by atoms with Crippen molar-refractivity contribution in [1.29, 1.82) is 0 Å². The Balaban J connectivity index is 1.82. The van der Waals surface area contributed by atoms with Crippen LogP contribution in [-0.4, -0.2) is 53.3 Å². The van der Waals surface area contributed by atoms with Crippen LogP contribution in [0, 0.1) is 6.92 Å². The molecule has 2 aromatic heterocycles. The average Bonchev–Trinajstić information content (AvgIpc) is 3.05. The summed E-state index contributed by atoms with van der Waals surface area (Å²) in [6, 6.07) is 0. The van der Waals surface area contributed by atoms with Gasteiger partial charge in [0.25, 0.3) is 5.91 Å². The summed E-state index contributed by atoms with van der Waals surface area (Å²) < 4.78 is 12.5. The highest BCUT2D eigenvalue weighted by atomic mass is 32.1. The molecular weight excluding hydrogens is 266 g/mol. The summed E-state index contributed by atoms with van der Waals surface area (Å²) in [5.74, 6) is -0.0671. The van der Waals surface area contributed by atoms with Gasteiger partial charge < -0.3 is 14.4 Å². The van der Waals surface area contributed by atoms with E-state index in [0.717, 1.165) is 10.7 Å². The Kier molecular flexibility index (Phi) is 3.26. The van der Waals surface area contributed by atoms with Crippen LogP contribution in [-0.2, 0) is 9.47 Å². The van der Waals surface area contributed by atoms with Crippen LogP contribution in [0.15, 0.2) is 11.6 Å². The minimum atomic E-state index is -0.319. The van der Waals surface area contributed by atoms with Gasteiger partial charge in [-0.25, -0.2) is 4.98 Å². The number of hydrogen-bond donors (Lipinski definition) is 0. The molecule has 3 rings (SSSR count). The molecule has 0 aromatic carbocycles. The van der Waals surface area contributed by atoms with Gasteiger partial charge in [0.15, 0.2) is 11.3 Å². The molecule has 1 aliphatic rings. The van der Waals surface area contributed by atoms with Gasteiger partial charge in [0.05, 0.1) is 25.5 Å². The molecule has 0 saturated carbocycles. The molecule has 1 aliphatic heterocycles. The Morgan fingerprint density at radius 3 is 3.05 bits per heavy atom. The van der Waals surface area contributed by atoms with Gasteiger partial charge in [-0.3, -0.25) is 9.20 Å². The number of carbonyl (C=O) groups excluding carboxylic acids is 1. The minimum Gasteiger partial charge on any atom is -0.348 e. The minimum absolute atomic E-state index is 0.0671. The SMILES string of the molecule is Cc1nc2sccn2c1C(=O)N(C)CC1OCCO1. The molecule has 2 aromatic rings. The number of fused-ring (bicyclic) bond motifs is 1. The molecular formula is C12H15N3O3S. The van der Waals surface area contributed by atoms with Crippen LogP contribution in [0.1, 0.15) is 16.2 Å². The Bertz CT molecular complexity index is 600. The second kappa shape index (κ2) is 4.92. The lowest BCUT2D eigenvalue weighted by molar-refractivity contribution is -0.0543. The fourth-order valence-electron chi connectivity index (χ4n) is 2.15. The number of thiazole rings is 1. The first kappa shape index (κ1) is 12.6. The molecule has 0 atom stereocenters. The monoisotopic (exact) mass is 281 g/mol. The average molecular weight is 281 g/mol. The third-order valence-corrected chi connectivity index (χ3v) is 3.86. The van der Waals surface area contributed by atoms with E-state index in [1.165, 1.54) is 11.3 Å². The summed E-state index contributed by atoms with van der Waals surface area (Å²) in [6.07, 6.45) is 1.55. The molecule has 1 saturated heterocycles. The molecule has 7 heteroatoms. The van der Waals surface area contributed by atoms with Crippen molar-refractivity contribution >= 4 is 22.2 Å². The molecule has 6 nitrogen and oxygen atoms in total. The number of amides is 1. The maximum absolute atomic E-state index is 12.5. The van der Waals surface area contributed by atoms with E-state index in [-0.39, 0.29) is 12.2 Å². The summed E-state index contributed by atoms with van der Waals surface area (Å²) in [4.78, 5) is 19.3. The summed E-state index contributed by atoms with van der Waals surface area (Å²) in [7, 11) is 1.75. The van der Waals surface area contributed by atoms with Gasteiger partial charge in [-0.05, 0) is 6.92 Å². The van der Waals surface area contributed by atoms with Crippen molar-refractivity contribution in [3.63, 3.8) is 0 Å². The Labute approximate surface area is 114 Å². The standard InChI is InChI=1S/C12H15N3O3S/c1-8-10(15-3-6-19-12(15)13-8)11(16)14(2)7-9-17-4-5-18-9/h3,6,9H,4-5,7H2,1-2H3. The van der Waals surface area contributed by atoms with Gasteiger partial charge in [-0.2, -0.15) is 0 Å². The van der Waals surface area contributed by atoms with E-state index in [9.17, 15) is 4.79 Å². The van der Waals surface area contributed by atoms with Gasteiger partial charge >= 0.3 is 0 Å². The number of imidazole rings is 1. The summed E-state index contributed by atoms with van der Waals surface area (Å²) in [6.45, 7) is 3.46. The van der Waals surface area contributed by atoms with Crippen molar-refractivity contribution in [2.75, 3.05) is 26.8 Å². The molecule has 0 aliphatic carbocycles. The molecule has 0 bridgehead atoms. The zero-order valence-corrected chi connectivity index (χ0v) is 11.6. The van der Waals surface area contributed by atoms with E-state index < -0.39 is 0 Å². The van der Waals surface area contributed by atoms with E-state index >= 15 is 0 Å². The molecule has 0 unspecified atom stereocenters. The highest BCUT2D eigenvalue weighted by molar-refractivity contribution is 7.15. The van der Waals surface area contributed by atoms with E-state index in [2.05, 4.69) is 4.98 Å². The Morgan fingerprint density at radius 2 is 2.32 bits per heavy atom. The lowest BCUT2D eigenvalue weighted by atomic mass is 10.3. The largest absolute Gasteiger partial charge is 0.348 e. The molecule has 0 radical (unpaired) electrons. The molecule has 0 N–H and O–H groups in total. The third-order valence-electron chi connectivity index (χ3n) is 3.10. The summed E-state index contributed by atoms with van der Waals surface area (Å²) >= 11 is 1.52. The predicted molar refractivity (Wildman–Crippen MR) is 70.5 cm³/mol. The molecule has 0 spiro atoms. The second-order valence-electron chi connectivity index (χ2n) is 4.46. The number of ether oxygens (including phenoxy) is 2. The lowest BCUT2D eigenvalue weighted by Crippen LogP contribution is -2.35. The van der Waals surface area contributed by atoms with Crippen LogP contribution in [0.4, 0.5) is 0 Å². The highest BCUT2D eigenvalue weighted by Crippen LogP contribution is 2.18. The zero-order valence-electron chi connectivity index (χ0n) is 10.8. The number of rotatable bonds is 3. The number of hydrogen-bond acceptors (Lipinski definition) is 5. The predicted octanol–water partition coefficient (Wildman–Crippen LogP) is 1.15. The normalized spacial score (nSPS) is 16.3. The van der Waals surface area contributed by atoms with Crippen molar-refractivity contribution in [2.24, 2.45) is 0 Å². The van der Waals surface area contributed by atoms with Crippen LogP contribution < -0.4 is 0 Å². The summed E-state index contributed by atoms with van der Waals surface area (Å²) in [5, 5.41) is 1.92. The smallest absolute Gasteiger partial charge is 0.272 e. The van der Waals surface area contributed by atoms with Gasteiger partial charge in [0, 0.05) is 18.6 Å². The van der Waals surface area contributed by atoms with Gasteiger partial charge in [0.1, 0.15) is 5.69 Å². The van der Waals surface area contributed by atoms with Gasteiger partial charge in [-0.15, -0.1) is 11.3 Å². The van der Waals surface area contributed by atoms with E-state index in [1.807, 2.05) is 22.9 Å². The fourth-order valence-corrected chi connectivity index (χ4v) is 2.91. The third kappa shape index (κ3) is 2.24. The Morgan fingerprint density at radius 1 is 1.58 bits per heavy atom. The first-order chi connectivity index (χ1) is 9.16. The number of aromatic nitrogens is 2. The molecule has 1 fully saturated rings. The zero-order chi connectivity index (χ0) is 13.4. The van der Waals surface area contributed by atoms with Crippen molar-refractivity contribution in [3.8, 4) is 0 Å². The maximum Gasteiger partial charge on any atom is 0.272 e. The molecule has 1 amide bonds. The van der Waals surface area contributed by atoms with Crippen LogP contribution in [0.25, 0.3) is 4.96 Å². The quantitative estimate of drug-likeness (QED) is 0.847. The van der Waals surface area contributed by atoms with E-state index in [0.29, 0.717) is 25.5 Å². The number of nitrogens with zero attached hydrogens (tertiary/aromatic N) is 3. The molecule has 102 valence electrons. The van der Waals surface area contributed by atoms with Crippen LogP contribution >= 0.6 is 11.3 Å². The maximum atomic E-state index is 12.5. The van der Waals surface area contributed by atoms with Crippen molar-refractivity contribution in [3.05, 3.63) is 23.0 Å². The van der Waals surface area contributed by atoms with Crippen molar-refractivity contribution < 1.29 is 14.3 Å². The van der Waals surface area contributed by atoms with E-state index in [4.69, 9.17) is 9.47 Å². The fraction of sp³-hybridized carbons (Fsp3) is 0.500. The molecule has 19 heavy (non-hydrogen) atoms. The lowest BCUT2D eigenvalue weighted by Gasteiger charge is -2.20. The van der Waals surface area contributed by atoms with Crippen LogP contribution in [0.2, 0.25) is 0 Å². The Hall–Kier alpha value is -1.44. The van der Waals surface area contributed by atoms with E-state index in [1.54, 1.807) is 11.9 Å². The van der Waals surface area contributed by atoms with Gasteiger partial charge in [-0.1, -0.05) is 0 Å². The number of aryl methyl sites for hydroxylation is 1. The van der Waals surface area contributed by atoms with Gasteiger partial charge in [0.2, 0.25) is 0 Å². The number of likely N-dealkylation sites (N-methyl/N-ethyl adjacent to an activating group) is 1. The highest BCUT2D eigenvalue weighted by Gasteiger charge is 2.25. The topological polar surface area (TPSA) is 56.1 Å². The number of carbonyl (C=O) groups is 1. The van der Waals surface area contributed by atoms with Crippen molar-refractivity contribution in [1.82, 2.24) is 14.3 Å². The van der Waals surface area contributed by atoms with Crippen molar-refractivity contribution in [2.45, 2.75) is 13.2 Å². The van der Waals surface area contributed by atoms with Crippen LogP contribution in [0.5, 0.6) is 0 Å². The summed E-state index contributed by atoms with van der Waals surface area (Å²) in [5.41, 5.74) is 1.36.